The van der Waals surface area contributed by atoms with Gasteiger partial charge >= 0.3 is 0 Å². The van der Waals surface area contributed by atoms with Crippen LogP contribution in [-0.4, -0.2) is 19.8 Å². The van der Waals surface area contributed by atoms with Crippen molar-refractivity contribution in [3.8, 4) is 0 Å². The van der Waals surface area contributed by atoms with Crippen LogP contribution in [0.1, 0.15) is 19.3 Å². The first-order valence-corrected chi connectivity index (χ1v) is 8.62. The van der Waals surface area contributed by atoms with E-state index in [9.17, 15) is 8.42 Å². The Morgan fingerprint density at radius 1 is 1.39 bits per heavy atom. The van der Waals surface area contributed by atoms with E-state index >= 15 is 0 Å². The van der Waals surface area contributed by atoms with Gasteiger partial charge in [-0.05, 0) is 53.4 Å². The molecule has 1 aliphatic rings. The zero-order chi connectivity index (χ0) is 13.4. The van der Waals surface area contributed by atoms with E-state index in [0.717, 1.165) is 19.3 Å². The molecule has 0 radical (unpaired) electrons. The molecule has 1 aliphatic carbocycles. The molecule has 0 bridgehead atoms. The van der Waals surface area contributed by atoms with Crippen LogP contribution < -0.4 is 4.72 Å². The monoisotopic (exact) mass is 371 g/mol. The first kappa shape index (κ1) is 14.6. The van der Waals surface area contributed by atoms with E-state index in [1.54, 1.807) is 6.07 Å². The standard InChI is InChI=1S/C11H12BrCl2NO2S/c12-9-6-8(2-3-10(9)14)18(16,17)15-11(7-13)4-1-5-11/h2-3,6,15H,1,4-5,7H2. The van der Waals surface area contributed by atoms with Crippen LogP contribution in [-0.2, 0) is 10.0 Å². The van der Waals surface area contributed by atoms with E-state index in [1.165, 1.54) is 12.1 Å². The van der Waals surface area contributed by atoms with Crippen molar-refractivity contribution in [1.29, 1.82) is 0 Å². The molecule has 0 atom stereocenters. The molecule has 1 N–H and O–H groups in total. The molecule has 0 aromatic heterocycles. The van der Waals surface area contributed by atoms with Crippen molar-refractivity contribution in [3.05, 3.63) is 27.7 Å². The molecule has 0 saturated heterocycles. The molecule has 0 unspecified atom stereocenters. The Labute approximate surface area is 125 Å². The van der Waals surface area contributed by atoms with Crippen molar-refractivity contribution in [2.75, 3.05) is 5.88 Å². The molecule has 1 aromatic carbocycles. The number of rotatable bonds is 4. The smallest absolute Gasteiger partial charge is 0.207 e. The summed E-state index contributed by atoms with van der Waals surface area (Å²) < 4.78 is 27.7. The minimum atomic E-state index is -3.55. The third-order valence-corrected chi connectivity index (χ3v) is 6.42. The molecule has 0 amide bonds. The van der Waals surface area contributed by atoms with Gasteiger partial charge < -0.3 is 0 Å². The molecule has 18 heavy (non-hydrogen) atoms. The summed E-state index contributed by atoms with van der Waals surface area (Å²) in [5, 5.41) is 0.477. The number of sulfonamides is 1. The number of hydrogen-bond acceptors (Lipinski definition) is 2. The van der Waals surface area contributed by atoms with Gasteiger partial charge in [0.15, 0.2) is 0 Å². The molecule has 0 spiro atoms. The highest BCUT2D eigenvalue weighted by Gasteiger charge is 2.40. The predicted molar refractivity (Wildman–Crippen MR) is 76.8 cm³/mol. The van der Waals surface area contributed by atoms with Gasteiger partial charge in [0, 0.05) is 15.9 Å². The fourth-order valence-electron chi connectivity index (χ4n) is 1.85. The Bertz CT molecular complexity index is 553. The van der Waals surface area contributed by atoms with Crippen LogP contribution in [0, 0.1) is 0 Å². The van der Waals surface area contributed by atoms with E-state index < -0.39 is 15.6 Å². The lowest BCUT2D eigenvalue weighted by Crippen LogP contribution is -2.54. The van der Waals surface area contributed by atoms with Crippen LogP contribution in [0.5, 0.6) is 0 Å². The van der Waals surface area contributed by atoms with Crippen LogP contribution in [0.15, 0.2) is 27.6 Å². The second kappa shape index (κ2) is 5.29. The van der Waals surface area contributed by atoms with Crippen molar-refractivity contribution in [2.45, 2.75) is 29.7 Å². The van der Waals surface area contributed by atoms with Crippen LogP contribution in [0.4, 0.5) is 0 Å². The Balaban J connectivity index is 2.28. The van der Waals surface area contributed by atoms with Crippen molar-refractivity contribution in [2.24, 2.45) is 0 Å². The molecular formula is C11H12BrCl2NO2S. The van der Waals surface area contributed by atoms with Gasteiger partial charge in [-0.1, -0.05) is 11.6 Å². The van der Waals surface area contributed by atoms with Crippen molar-refractivity contribution in [1.82, 2.24) is 4.72 Å². The van der Waals surface area contributed by atoms with Gasteiger partial charge in [0.05, 0.1) is 9.92 Å². The number of hydrogen-bond donors (Lipinski definition) is 1. The maximum Gasteiger partial charge on any atom is 0.241 e. The summed E-state index contributed by atoms with van der Waals surface area (Å²) in [5.41, 5.74) is -0.480. The van der Waals surface area contributed by atoms with Gasteiger partial charge in [0.1, 0.15) is 0 Å². The first-order chi connectivity index (χ1) is 8.38. The van der Waals surface area contributed by atoms with Gasteiger partial charge in [0.2, 0.25) is 10.0 Å². The predicted octanol–water partition coefficient (Wildman–Crippen LogP) is 3.54. The van der Waals surface area contributed by atoms with Crippen molar-refractivity contribution in [3.63, 3.8) is 0 Å². The zero-order valence-electron chi connectivity index (χ0n) is 9.42. The summed E-state index contributed by atoms with van der Waals surface area (Å²) in [4.78, 5) is 0.190. The Kier molecular flexibility index (Phi) is 4.29. The minimum Gasteiger partial charge on any atom is -0.207 e. The largest absolute Gasteiger partial charge is 0.241 e. The van der Waals surface area contributed by atoms with Crippen LogP contribution >= 0.6 is 39.1 Å². The molecule has 3 nitrogen and oxygen atoms in total. The average molecular weight is 373 g/mol. The molecule has 7 heteroatoms. The van der Waals surface area contributed by atoms with E-state index in [4.69, 9.17) is 23.2 Å². The molecule has 1 saturated carbocycles. The number of halogens is 3. The van der Waals surface area contributed by atoms with E-state index in [-0.39, 0.29) is 4.90 Å². The van der Waals surface area contributed by atoms with Gasteiger partial charge in [-0.3, -0.25) is 0 Å². The van der Waals surface area contributed by atoms with E-state index in [1.807, 2.05) is 0 Å². The summed E-state index contributed by atoms with van der Waals surface area (Å²) in [6, 6.07) is 4.52. The molecule has 1 aromatic rings. The lowest BCUT2D eigenvalue weighted by atomic mass is 9.79. The molecule has 2 rings (SSSR count). The summed E-state index contributed by atoms with van der Waals surface area (Å²) in [6.07, 6.45) is 2.56. The molecular weight excluding hydrogens is 361 g/mol. The fraction of sp³-hybridized carbons (Fsp3) is 0.455. The molecule has 1 fully saturated rings. The third-order valence-electron chi connectivity index (χ3n) is 3.12. The number of nitrogens with one attached hydrogen (secondary N) is 1. The summed E-state index contributed by atoms with van der Waals surface area (Å²) in [6.45, 7) is 0. The zero-order valence-corrected chi connectivity index (χ0v) is 13.3. The number of benzene rings is 1. The van der Waals surface area contributed by atoms with Gasteiger partial charge in [-0.25, -0.2) is 13.1 Å². The van der Waals surface area contributed by atoms with Crippen molar-refractivity contribution < 1.29 is 8.42 Å². The van der Waals surface area contributed by atoms with Crippen molar-refractivity contribution >= 4 is 49.2 Å². The van der Waals surface area contributed by atoms with Crippen LogP contribution in [0.2, 0.25) is 5.02 Å². The Hall–Kier alpha value is 0.190. The van der Waals surface area contributed by atoms with Gasteiger partial charge in [0.25, 0.3) is 0 Å². The quantitative estimate of drug-likeness (QED) is 0.821. The van der Waals surface area contributed by atoms with E-state index in [0.29, 0.717) is 15.4 Å². The van der Waals surface area contributed by atoms with Gasteiger partial charge in [-0.15, -0.1) is 11.6 Å². The highest BCUT2D eigenvalue weighted by atomic mass is 79.9. The average Bonchev–Trinajstić information content (AvgIpc) is 2.27. The normalized spacial score (nSPS) is 18.4. The molecule has 0 heterocycles. The Morgan fingerprint density at radius 2 is 2.06 bits per heavy atom. The third kappa shape index (κ3) is 2.85. The maximum atomic E-state index is 12.2. The fourth-order valence-corrected chi connectivity index (χ4v) is 4.40. The van der Waals surface area contributed by atoms with Crippen LogP contribution in [0.25, 0.3) is 0 Å². The maximum absolute atomic E-state index is 12.2. The summed E-state index contributed by atoms with van der Waals surface area (Å²) >= 11 is 14.9. The van der Waals surface area contributed by atoms with Crippen LogP contribution in [0.3, 0.4) is 0 Å². The number of alkyl halides is 1. The Morgan fingerprint density at radius 3 is 2.50 bits per heavy atom. The summed E-state index contributed by atoms with van der Waals surface area (Å²) in [5.74, 6) is 0.293. The molecule has 100 valence electrons. The second-order valence-corrected chi connectivity index (χ2v) is 7.66. The van der Waals surface area contributed by atoms with Gasteiger partial charge in [-0.2, -0.15) is 0 Å². The second-order valence-electron chi connectivity index (χ2n) is 4.45. The summed E-state index contributed by atoms with van der Waals surface area (Å²) in [7, 11) is -3.55. The highest BCUT2D eigenvalue weighted by molar-refractivity contribution is 9.10. The lowest BCUT2D eigenvalue weighted by molar-refractivity contribution is 0.252. The molecule has 0 aliphatic heterocycles. The topological polar surface area (TPSA) is 46.2 Å². The highest BCUT2D eigenvalue weighted by Crippen LogP contribution is 2.35. The first-order valence-electron chi connectivity index (χ1n) is 5.44. The van der Waals surface area contributed by atoms with E-state index in [2.05, 4.69) is 20.7 Å². The SMILES string of the molecule is O=S(=O)(NC1(CCl)CCC1)c1ccc(Cl)c(Br)c1. The minimum absolute atomic E-state index is 0.190. The lowest BCUT2D eigenvalue weighted by Gasteiger charge is -2.40.